The molecule has 2 amide bonds. The fourth-order valence-corrected chi connectivity index (χ4v) is 4.31. The molecule has 0 heterocycles. The molecular weight excluding hydrogens is 444 g/mol. The minimum absolute atomic E-state index is 0.0698. The van der Waals surface area contributed by atoms with Gasteiger partial charge in [-0.2, -0.15) is 0 Å². The number of halogens is 1. The van der Waals surface area contributed by atoms with E-state index in [1.165, 1.54) is 0 Å². The summed E-state index contributed by atoms with van der Waals surface area (Å²) < 4.78 is 25.1. The summed E-state index contributed by atoms with van der Waals surface area (Å²) in [6.45, 7) is 1.56. The number of hydrogen-bond donors (Lipinski definition) is 2. The zero-order valence-electron chi connectivity index (χ0n) is 15.6. The van der Waals surface area contributed by atoms with Gasteiger partial charge in [-0.15, -0.1) is 0 Å². The van der Waals surface area contributed by atoms with Crippen molar-refractivity contribution < 1.29 is 18.0 Å². The van der Waals surface area contributed by atoms with Crippen LogP contribution in [-0.2, 0) is 25.8 Å². The molecule has 0 aliphatic carbocycles. The largest absolute Gasteiger partial charge is 0.346 e. The van der Waals surface area contributed by atoms with Crippen molar-refractivity contribution in [3.63, 3.8) is 0 Å². The monoisotopic (exact) mass is 466 g/mol. The summed E-state index contributed by atoms with van der Waals surface area (Å²) in [6, 6.07) is 15.0. The average molecular weight is 467 g/mol. The van der Waals surface area contributed by atoms with E-state index < -0.39 is 27.4 Å². The van der Waals surface area contributed by atoms with Gasteiger partial charge >= 0.3 is 0 Å². The SMILES string of the molecule is Cc1cc(Br)ccc1NC(=O)CNC(=O)CS(=O)(=O)CCCc1ccccc1. The highest BCUT2D eigenvalue weighted by Gasteiger charge is 2.17. The van der Waals surface area contributed by atoms with Crippen LogP contribution in [0.2, 0.25) is 0 Å². The number of amides is 2. The molecule has 8 heteroatoms. The number of rotatable bonds is 9. The molecule has 150 valence electrons. The fourth-order valence-electron chi connectivity index (χ4n) is 2.60. The lowest BCUT2D eigenvalue weighted by atomic mass is 10.1. The van der Waals surface area contributed by atoms with Crippen molar-refractivity contribution in [2.75, 3.05) is 23.4 Å². The molecule has 6 nitrogen and oxygen atoms in total. The first-order valence-electron chi connectivity index (χ1n) is 8.82. The van der Waals surface area contributed by atoms with E-state index in [1.54, 1.807) is 12.1 Å². The normalized spacial score (nSPS) is 11.1. The van der Waals surface area contributed by atoms with Gasteiger partial charge in [-0.05, 0) is 49.1 Å². The Labute approximate surface area is 173 Å². The first-order chi connectivity index (χ1) is 13.2. The summed E-state index contributed by atoms with van der Waals surface area (Å²) in [5.74, 6) is -1.78. The summed E-state index contributed by atoms with van der Waals surface area (Å²) in [4.78, 5) is 23.8. The first kappa shape index (κ1) is 22.1. The van der Waals surface area contributed by atoms with E-state index in [4.69, 9.17) is 0 Å². The summed E-state index contributed by atoms with van der Waals surface area (Å²) in [7, 11) is -3.52. The van der Waals surface area contributed by atoms with Crippen LogP contribution in [0, 0.1) is 6.92 Å². The number of carbonyl (C=O) groups is 2. The van der Waals surface area contributed by atoms with Gasteiger partial charge in [-0.1, -0.05) is 46.3 Å². The highest BCUT2D eigenvalue weighted by molar-refractivity contribution is 9.10. The maximum atomic E-state index is 12.1. The Hall–Kier alpha value is -2.19. The molecule has 0 bridgehead atoms. The molecule has 2 rings (SSSR count). The van der Waals surface area contributed by atoms with Crippen LogP contribution >= 0.6 is 15.9 Å². The van der Waals surface area contributed by atoms with E-state index in [0.717, 1.165) is 15.6 Å². The Bertz CT molecular complexity index is 930. The van der Waals surface area contributed by atoms with E-state index in [-0.39, 0.29) is 12.3 Å². The Morgan fingerprint density at radius 2 is 1.75 bits per heavy atom. The Balaban J connectivity index is 1.73. The minimum Gasteiger partial charge on any atom is -0.346 e. The van der Waals surface area contributed by atoms with Crippen LogP contribution in [-0.4, -0.2) is 38.3 Å². The zero-order valence-corrected chi connectivity index (χ0v) is 18.0. The second-order valence-electron chi connectivity index (χ2n) is 6.47. The number of benzene rings is 2. The molecule has 0 spiro atoms. The second kappa shape index (κ2) is 10.4. The third-order valence-electron chi connectivity index (χ3n) is 4.02. The highest BCUT2D eigenvalue weighted by atomic mass is 79.9. The molecule has 2 aromatic carbocycles. The molecule has 0 aromatic heterocycles. The van der Waals surface area contributed by atoms with Gasteiger partial charge in [0.1, 0.15) is 5.75 Å². The molecular formula is C20H23BrN2O4S. The third-order valence-corrected chi connectivity index (χ3v) is 6.13. The molecule has 2 N–H and O–H groups in total. The van der Waals surface area contributed by atoms with Crippen molar-refractivity contribution in [2.24, 2.45) is 0 Å². The van der Waals surface area contributed by atoms with E-state index in [9.17, 15) is 18.0 Å². The Kier molecular flexibility index (Phi) is 8.19. The predicted molar refractivity (Wildman–Crippen MR) is 114 cm³/mol. The van der Waals surface area contributed by atoms with Crippen LogP contribution < -0.4 is 10.6 Å². The second-order valence-corrected chi connectivity index (χ2v) is 9.57. The predicted octanol–water partition coefficient (Wildman–Crippen LogP) is 2.86. The lowest BCUT2D eigenvalue weighted by Gasteiger charge is -2.10. The first-order valence-corrected chi connectivity index (χ1v) is 11.4. The third kappa shape index (κ3) is 7.82. The summed E-state index contributed by atoms with van der Waals surface area (Å²) >= 11 is 3.34. The molecule has 0 aliphatic rings. The van der Waals surface area contributed by atoms with E-state index >= 15 is 0 Å². The standard InChI is InChI=1S/C20H23BrN2O4S/c1-15-12-17(21)9-10-18(15)23-19(24)13-22-20(25)14-28(26,27)11-5-8-16-6-3-2-4-7-16/h2-4,6-7,9-10,12H,5,8,11,13-14H2,1H3,(H,22,25)(H,23,24). The summed E-state index contributed by atoms with van der Waals surface area (Å²) in [5, 5.41) is 5.04. The van der Waals surface area contributed by atoms with Crippen molar-refractivity contribution in [3.05, 3.63) is 64.1 Å². The van der Waals surface area contributed by atoms with Crippen LogP contribution in [0.4, 0.5) is 5.69 Å². The quantitative estimate of drug-likeness (QED) is 0.593. The van der Waals surface area contributed by atoms with Crippen LogP contribution in [0.25, 0.3) is 0 Å². The number of carbonyl (C=O) groups excluding carboxylic acids is 2. The fraction of sp³-hybridized carbons (Fsp3) is 0.300. The van der Waals surface area contributed by atoms with E-state index in [1.807, 2.05) is 43.3 Å². The number of anilines is 1. The van der Waals surface area contributed by atoms with Crippen molar-refractivity contribution >= 4 is 43.3 Å². The smallest absolute Gasteiger partial charge is 0.243 e. The van der Waals surface area contributed by atoms with Gasteiger partial charge in [-0.3, -0.25) is 9.59 Å². The van der Waals surface area contributed by atoms with Crippen LogP contribution in [0.15, 0.2) is 53.0 Å². The van der Waals surface area contributed by atoms with Crippen LogP contribution in [0.3, 0.4) is 0 Å². The van der Waals surface area contributed by atoms with Gasteiger partial charge in [0.15, 0.2) is 9.84 Å². The van der Waals surface area contributed by atoms with Gasteiger partial charge in [0.2, 0.25) is 11.8 Å². The van der Waals surface area contributed by atoms with Gasteiger partial charge < -0.3 is 10.6 Å². The van der Waals surface area contributed by atoms with Gasteiger partial charge in [0.05, 0.1) is 12.3 Å². The molecule has 28 heavy (non-hydrogen) atoms. The van der Waals surface area contributed by atoms with Gasteiger partial charge in [-0.25, -0.2) is 8.42 Å². The number of hydrogen-bond acceptors (Lipinski definition) is 4. The summed E-state index contributed by atoms with van der Waals surface area (Å²) in [5.41, 5.74) is 2.56. The van der Waals surface area contributed by atoms with Crippen molar-refractivity contribution in [1.29, 1.82) is 0 Å². The molecule has 0 fully saturated rings. The van der Waals surface area contributed by atoms with Crippen molar-refractivity contribution in [3.8, 4) is 0 Å². The maximum Gasteiger partial charge on any atom is 0.243 e. The molecule has 0 unspecified atom stereocenters. The van der Waals surface area contributed by atoms with Crippen molar-refractivity contribution in [2.45, 2.75) is 19.8 Å². The molecule has 0 atom stereocenters. The Morgan fingerprint density at radius 3 is 2.43 bits per heavy atom. The number of sulfone groups is 1. The summed E-state index contributed by atoms with van der Waals surface area (Å²) in [6.07, 6.45) is 1.08. The average Bonchev–Trinajstić information content (AvgIpc) is 2.63. The Morgan fingerprint density at radius 1 is 1.04 bits per heavy atom. The maximum absolute atomic E-state index is 12.1. The zero-order chi connectivity index (χ0) is 20.6. The van der Waals surface area contributed by atoms with Crippen molar-refractivity contribution in [1.82, 2.24) is 5.32 Å². The molecule has 0 radical (unpaired) electrons. The van der Waals surface area contributed by atoms with Crippen LogP contribution in [0.1, 0.15) is 17.5 Å². The molecule has 0 saturated carbocycles. The minimum atomic E-state index is -3.52. The van der Waals surface area contributed by atoms with E-state index in [2.05, 4.69) is 26.6 Å². The highest BCUT2D eigenvalue weighted by Crippen LogP contribution is 2.19. The lowest BCUT2D eigenvalue weighted by molar-refractivity contribution is -0.122. The van der Waals surface area contributed by atoms with E-state index in [0.29, 0.717) is 18.5 Å². The van der Waals surface area contributed by atoms with Gasteiger partial charge in [0, 0.05) is 10.2 Å². The molecule has 0 saturated heterocycles. The topological polar surface area (TPSA) is 92.3 Å². The number of aryl methyl sites for hydroxylation is 2. The number of nitrogens with one attached hydrogen (secondary N) is 2. The van der Waals surface area contributed by atoms with Crippen LogP contribution in [0.5, 0.6) is 0 Å². The molecule has 0 aliphatic heterocycles. The molecule has 2 aromatic rings. The van der Waals surface area contributed by atoms with Gasteiger partial charge in [0.25, 0.3) is 0 Å². The lowest BCUT2D eigenvalue weighted by Crippen LogP contribution is -2.37.